The number of carbonyl (C=O) groups excluding carboxylic acids is 2. The summed E-state index contributed by atoms with van der Waals surface area (Å²) >= 11 is 0. The minimum Gasteiger partial charge on any atom is -0.368 e. The SMILES string of the molecule is CC[C@@H](NC(=O)CCc1ccccc1)C(N)=O. The first-order valence-electron chi connectivity index (χ1n) is 5.76. The van der Waals surface area contributed by atoms with Crippen molar-refractivity contribution in [2.24, 2.45) is 5.73 Å². The average Bonchev–Trinajstić information content (AvgIpc) is 2.34. The molecule has 0 aliphatic carbocycles. The van der Waals surface area contributed by atoms with Gasteiger partial charge >= 0.3 is 0 Å². The molecule has 0 aliphatic heterocycles. The molecule has 1 aromatic carbocycles. The van der Waals surface area contributed by atoms with E-state index in [1.54, 1.807) is 0 Å². The Morgan fingerprint density at radius 1 is 1.29 bits per heavy atom. The molecule has 4 nitrogen and oxygen atoms in total. The molecule has 92 valence electrons. The third-order valence-corrected chi connectivity index (χ3v) is 2.57. The van der Waals surface area contributed by atoms with Crippen LogP contribution in [-0.4, -0.2) is 17.9 Å². The zero-order valence-electron chi connectivity index (χ0n) is 9.98. The summed E-state index contributed by atoms with van der Waals surface area (Å²) in [7, 11) is 0. The van der Waals surface area contributed by atoms with Crippen molar-refractivity contribution in [1.82, 2.24) is 5.32 Å². The molecule has 3 N–H and O–H groups in total. The predicted molar refractivity (Wildman–Crippen MR) is 66.2 cm³/mol. The van der Waals surface area contributed by atoms with E-state index in [2.05, 4.69) is 5.32 Å². The van der Waals surface area contributed by atoms with Crippen molar-refractivity contribution in [1.29, 1.82) is 0 Å². The summed E-state index contributed by atoms with van der Waals surface area (Å²) in [6.07, 6.45) is 1.56. The topological polar surface area (TPSA) is 72.2 Å². The number of amides is 2. The Balaban J connectivity index is 2.37. The highest BCUT2D eigenvalue weighted by Crippen LogP contribution is 2.02. The second kappa shape index (κ2) is 6.68. The Hall–Kier alpha value is -1.84. The maximum atomic E-state index is 11.6. The molecule has 1 rings (SSSR count). The summed E-state index contributed by atoms with van der Waals surface area (Å²) in [4.78, 5) is 22.5. The van der Waals surface area contributed by atoms with Gasteiger partial charge in [-0.15, -0.1) is 0 Å². The molecule has 0 fully saturated rings. The van der Waals surface area contributed by atoms with Gasteiger partial charge in [0.05, 0.1) is 0 Å². The number of carbonyl (C=O) groups is 2. The highest BCUT2D eigenvalue weighted by atomic mass is 16.2. The lowest BCUT2D eigenvalue weighted by Gasteiger charge is -2.12. The minimum atomic E-state index is -0.557. The highest BCUT2D eigenvalue weighted by molar-refractivity contribution is 5.86. The van der Waals surface area contributed by atoms with Crippen LogP contribution >= 0.6 is 0 Å². The average molecular weight is 234 g/mol. The standard InChI is InChI=1S/C13H18N2O2/c1-2-11(13(14)17)15-12(16)9-8-10-6-4-3-5-7-10/h3-7,11H,2,8-9H2,1H3,(H2,14,17)(H,15,16)/t11-/m1/s1. The second-order valence-electron chi connectivity index (χ2n) is 3.92. The lowest BCUT2D eigenvalue weighted by molar-refractivity contribution is -0.127. The minimum absolute atomic E-state index is 0.139. The number of hydrogen-bond acceptors (Lipinski definition) is 2. The molecule has 0 radical (unpaired) electrons. The third-order valence-electron chi connectivity index (χ3n) is 2.57. The van der Waals surface area contributed by atoms with Crippen LogP contribution in [0, 0.1) is 0 Å². The molecular weight excluding hydrogens is 216 g/mol. The predicted octanol–water partition coefficient (Wildman–Crippen LogP) is 0.999. The van der Waals surface area contributed by atoms with E-state index in [0.29, 0.717) is 19.3 Å². The van der Waals surface area contributed by atoms with Crippen LogP contribution in [0.2, 0.25) is 0 Å². The van der Waals surface area contributed by atoms with Gasteiger partial charge in [0.2, 0.25) is 11.8 Å². The van der Waals surface area contributed by atoms with Crippen LogP contribution in [0.15, 0.2) is 30.3 Å². The monoisotopic (exact) mass is 234 g/mol. The van der Waals surface area contributed by atoms with Crippen molar-refractivity contribution in [3.63, 3.8) is 0 Å². The van der Waals surface area contributed by atoms with Crippen LogP contribution in [0.25, 0.3) is 0 Å². The lowest BCUT2D eigenvalue weighted by Crippen LogP contribution is -2.44. The van der Waals surface area contributed by atoms with Crippen LogP contribution in [0.1, 0.15) is 25.3 Å². The van der Waals surface area contributed by atoms with Crippen molar-refractivity contribution in [3.05, 3.63) is 35.9 Å². The van der Waals surface area contributed by atoms with Crippen molar-refractivity contribution in [2.45, 2.75) is 32.2 Å². The van der Waals surface area contributed by atoms with Crippen LogP contribution in [0.5, 0.6) is 0 Å². The Morgan fingerprint density at radius 2 is 1.94 bits per heavy atom. The number of nitrogens with two attached hydrogens (primary N) is 1. The normalized spacial score (nSPS) is 11.8. The van der Waals surface area contributed by atoms with E-state index in [1.807, 2.05) is 37.3 Å². The van der Waals surface area contributed by atoms with Gasteiger partial charge in [0, 0.05) is 6.42 Å². The largest absolute Gasteiger partial charge is 0.368 e. The maximum Gasteiger partial charge on any atom is 0.239 e. The number of aryl methyl sites for hydroxylation is 1. The van der Waals surface area contributed by atoms with Gasteiger partial charge in [-0.05, 0) is 18.4 Å². The van der Waals surface area contributed by atoms with E-state index in [4.69, 9.17) is 5.73 Å². The van der Waals surface area contributed by atoms with Crippen LogP contribution in [0.3, 0.4) is 0 Å². The number of primary amides is 1. The summed E-state index contributed by atoms with van der Waals surface area (Å²) in [5.74, 6) is -0.625. The molecule has 0 unspecified atom stereocenters. The Kier molecular flexibility index (Phi) is 5.20. The summed E-state index contributed by atoms with van der Waals surface area (Å²) < 4.78 is 0. The molecule has 0 saturated carbocycles. The quantitative estimate of drug-likeness (QED) is 0.770. The molecule has 0 bridgehead atoms. The first-order valence-corrected chi connectivity index (χ1v) is 5.76. The molecule has 1 atom stereocenters. The van der Waals surface area contributed by atoms with E-state index in [9.17, 15) is 9.59 Å². The lowest BCUT2D eigenvalue weighted by atomic mass is 10.1. The molecular formula is C13H18N2O2. The number of benzene rings is 1. The van der Waals surface area contributed by atoms with Crippen molar-refractivity contribution >= 4 is 11.8 Å². The molecule has 17 heavy (non-hydrogen) atoms. The Labute approximate surface area is 101 Å². The van der Waals surface area contributed by atoms with E-state index >= 15 is 0 Å². The molecule has 0 saturated heterocycles. The molecule has 0 heterocycles. The van der Waals surface area contributed by atoms with Crippen LogP contribution in [0.4, 0.5) is 0 Å². The summed E-state index contributed by atoms with van der Waals surface area (Å²) in [6, 6.07) is 9.19. The smallest absolute Gasteiger partial charge is 0.239 e. The zero-order chi connectivity index (χ0) is 12.7. The fraction of sp³-hybridized carbons (Fsp3) is 0.385. The van der Waals surface area contributed by atoms with E-state index in [-0.39, 0.29) is 5.91 Å². The van der Waals surface area contributed by atoms with Crippen molar-refractivity contribution < 1.29 is 9.59 Å². The Bertz CT molecular complexity index is 376. The summed E-state index contributed by atoms with van der Waals surface area (Å²) in [5, 5.41) is 2.62. The van der Waals surface area contributed by atoms with Crippen molar-refractivity contribution in [2.75, 3.05) is 0 Å². The van der Waals surface area contributed by atoms with Gasteiger partial charge in [-0.25, -0.2) is 0 Å². The van der Waals surface area contributed by atoms with Crippen LogP contribution in [-0.2, 0) is 16.0 Å². The van der Waals surface area contributed by atoms with Gasteiger partial charge in [-0.2, -0.15) is 0 Å². The van der Waals surface area contributed by atoms with Gasteiger partial charge in [0.15, 0.2) is 0 Å². The molecule has 0 spiro atoms. The van der Waals surface area contributed by atoms with Gasteiger partial charge in [-0.1, -0.05) is 37.3 Å². The molecule has 1 aromatic rings. The fourth-order valence-electron chi connectivity index (χ4n) is 1.54. The highest BCUT2D eigenvalue weighted by Gasteiger charge is 2.15. The van der Waals surface area contributed by atoms with E-state index in [0.717, 1.165) is 5.56 Å². The first kappa shape index (κ1) is 13.2. The van der Waals surface area contributed by atoms with E-state index < -0.39 is 11.9 Å². The van der Waals surface area contributed by atoms with E-state index in [1.165, 1.54) is 0 Å². The van der Waals surface area contributed by atoms with Crippen molar-refractivity contribution in [3.8, 4) is 0 Å². The van der Waals surface area contributed by atoms with Gasteiger partial charge in [-0.3, -0.25) is 9.59 Å². The molecule has 0 aromatic heterocycles. The summed E-state index contributed by atoms with van der Waals surface area (Å²) in [5.41, 5.74) is 6.26. The zero-order valence-corrected chi connectivity index (χ0v) is 9.98. The molecule has 2 amide bonds. The number of nitrogens with one attached hydrogen (secondary N) is 1. The second-order valence-corrected chi connectivity index (χ2v) is 3.92. The molecule has 4 heteroatoms. The molecule has 0 aliphatic rings. The third kappa shape index (κ3) is 4.68. The first-order chi connectivity index (χ1) is 8.13. The van der Waals surface area contributed by atoms with Gasteiger partial charge < -0.3 is 11.1 Å². The fourth-order valence-corrected chi connectivity index (χ4v) is 1.54. The number of rotatable bonds is 6. The summed E-state index contributed by atoms with van der Waals surface area (Å²) in [6.45, 7) is 1.81. The Morgan fingerprint density at radius 3 is 2.47 bits per heavy atom. The van der Waals surface area contributed by atoms with Gasteiger partial charge in [0.25, 0.3) is 0 Å². The number of hydrogen-bond donors (Lipinski definition) is 2. The van der Waals surface area contributed by atoms with Gasteiger partial charge in [0.1, 0.15) is 6.04 Å². The maximum absolute atomic E-state index is 11.6. The van der Waals surface area contributed by atoms with Crippen LogP contribution < -0.4 is 11.1 Å².